The Morgan fingerprint density at radius 2 is 1.69 bits per heavy atom. The molecule has 174 valence electrons. The van der Waals surface area contributed by atoms with Gasteiger partial charge in [0.25, 0.3) is 0 Å². The van der Waals surface area contributed by atoms with E-state index in [-0.39, 0.29) is 19.4 Å². The van der Waals surface area contributed by atoms with Gasteiger partial charge < -0.3 is 29.5 Å². The van der Waals surface area contributed by atoms with Gasteiger partial charge in [-0.25, -0.2) is 0 Å². The summed E-state index contributed by atoms with van der Waals surface area (Å²) >= 11 is 0. The molecule has 1 unspecified atom stereocenters. The smallest absolute Gasteiger partial charge is 0.231 e. The van der Waals surface area contributed by atoms with Crippen LogP contribution in [-0.2, 0) is 11.3 Å². The van der Waals surface area contributed by atoms with Gasteiger partial charge in [-0.05, 0) is 61.1 Å². The second kappa shape index (κ2) is 11.1. The number of unbranched alkanes of at least 4 members (excludes halogenated alkanes) is 2. The Hall–Kier alpha value is -2.16. The summed E-state index contributed by atoms with van der Waals surface area (Å²) in [5.74, 6) is 1.58. The van der Waals surface area contributed by atoms with Crippen molar-refractivity contribution in [3.05, 3.63) is 48.0 Å². The zero-order chi connectivity index (χ0) is 22.3. The Morgan fingerprint density at radius 3 is 2.50 bits per heavy atom. The van der Waals surface area contributed by atoms with Gasteiger partial charge in [-0.1, -0.05) is 30.3 Å². The molecule has 1 saturated heterocycles. The SMILES string of the molecule is OC[C@H]1CC(O)[C@@H](O)CN1CCCCCOCc1ccc(-c2ccc3c(c2)OCO3)cc1. The van der Waals surface area contributed by atoms with Crippen molar-refractivity contribution in [2.24, 2.45) is 0 Å². The van der Waals surface area contributed by atoms with Gasteiger partial charge in [-0.3, -0.25) is 4.90 Å². The maximum Gasteiger partial charge on any atom is 0.231 e. The predicted octanol–water partition coefficient (Wildman–Crippen LogP) is 2.56. The van der Waals surface area contributed by atoms with Crippen molar-refractivity contribution in [3.8, 4) is 22.6 Å². The maximum absolute atomic E-state index is 9.86. The molecule has 7 nitrogen and oxygen atoms in total. The Labute approximate surface area is 189 Å². The normalized spacial score (nSPS) is 22.9. The fourth-order valence-corrected chi connectivity index (χ4v) is 4.32. The highest BCUT2D eigenvalue weighted by molar-refractivity contribution is 5.67. The molecule has 32 heavy (non-hydrogen) atoms. The lowest BCUT2D eigenvalue weighted by molar-refractivity contribution is -0.0711. The van der Waals surface area contributed by atoms with Crippen LogP contribution < -0.4 is 9.47 Å². The minimum absolute atomic E-state index is 0.0142. The highest BCUT2D eigenvalue weighted by atomic mass is 16.7. The minimum atomic E-state index is -0.733. The number of benzene rings is 2. The fourth-order valence-electron chi connectivity index (χ4n) is 4.32. The van der Waals surface area contributed by atoms with Gasteiger partial charge in [0.05, 0.1) is 25.4 Å². The quantitative estimate of drug-likeness (QED) is 0.486. The number of fused-ring (bicyclic) bond motifs is 1. The van der Waals surface area contributed by atoms with Gasteiger partial charge in [-0.2, -0.15) is 0 Å². The fraction of sp³-hybridized carbons (Fsp3) is 0.520. The molecule has 0 amide bonds. The van der Waals surface area contributed by atoms with Crippen LogP contribution in [-0.4, -0.2) is 71.6 Å². The van der Waals surface area contributed by atoms with E-state index in [0.717, 1.165) is 54.0 Å². The highest BCUT2D eigenvalue weighted by Crippen LogP contribution is 2.35. The standard InChI is InChI=1S/C25H33NO6/c27-15-21-13-22(28)23(29)14-26(21)10-2-1-3-11-30-16-18-4-6-19(7-5-18)20-8-9-24-25(12-20)32-17-31-24/h4-9,12,21-23,27-29H,1-3,10-11,13-17H2/t21-,22?,23+/m1/s1. The summed E-state index contributed by atoms with van der Waals surface area (Å²) in [5, 5.41) is 29.1. The van der Waals surface area contributed by atoms with Gasteiger partial charge in [-0.15, -0.1) is 0 Å². The van der Waals surface area contributed by atoms with Gasteiger partial charge in [0.15, 0.2) is 11.5 Å². The van der Waals surface area contributed by atoms with Crippen LogP contribution in [0.4, 0.5) is 0 Å². The molecule has 1 fully saturated rings. The van der Waals surface area contributed by atoms with Gasteiger partial charge >= 0.3 is 0 Å². The third kappa shape index (κ3) is 5.79. The molecule has 7 heteroatoms. The number of rotatable bonds is 10. The van der Waals surface area contributed by atoms with Crippen molar-refractivity contribution in [1.82, 2.24) is 4.90 Å². The van der Waals surface area contributed by atoms with E-state index in [1.165, 1.54) is 0 Å². The van der Waals surface area contributed by atoms with E-state index in [1.807, 2.05) is 18.2 Å². The molecule has 3 atom stereocenters. The summed E-state index contributed by atoms with van der Waals surface area (Å²) < 4.78 is 16.6. The monoisotopic (exact) mass is 443 g/mol. The Bertz CT molecular complexity index is 858. The van der Waals surface area contributed by atoms with Crippen molar-refractivity contribution in [3.63, 3.8) is 0 Å². The third-order valence-electron chi connectivity index (χ3n) is 6.27. The summed E-state index contributed by atoms with van der Waals surface area (Å²) in [7, 11) is 0. The number of hydrogen-bond acceptors (Lipinski definition) is 7. The lowest BCUT2D eigenvalue weighted by atomic mass is 9.97. The summed E-state index contributed by atoms with van der Waals surface area (Å²) in [6.07, 6.45) is 1.94. The first-order valence-electron chi connectivity index (χ1n) is 11.4. The van der Waals surface area contributed by atoms with Gasteiger partial charge in [0, 0.05) is 19.2 Å². The topological polar surface area (TPSA) is 91.6 Å². The van der Waals surface area contributed by atoms with Crippen LogP contribution in [0.2, 0.25) is 0 Å². The molecular formula is C25H33NO6. The first kappa shape index (κ1) is 23.0. The third-order valence-corrected chi connectivity index (χ3v) is 6.27. The molecule has 0 radical (unpaired) electrons. The second-order valence-corrected chi connectivity index (χ2v) is 8.58. The first-order chi connectivity index (χ1) is 15.6. The van der Waals surface area contributed by atoms with Crippen LogP contribution in [0.3, 0.4) is 0 Å². The molecular weight excluding hydrogens is 410 g/mol. The molecule has 0 spiro atoms. The van der Waals surface area contributed by atoms with E-state index < -0.39 is 12.2 Å². The lowest BCUT2D eigenvalue weighted by Crippen LogP contribution is -2.53. The summed E-state index contributed by atoms with van der Waals surface area (Å²) in [6, 6.07) is 14.3. The molecule has 0 aliphatic carbocycles. The number of aliphatic hydroxyl groups is 3. The Kier molecular flexibility index (Phi) is 8.00. The molecule has 2 heterocycles. The molecule has 2 aromatic carbocycles. The molecule has 0 aromatic heterocycles. The number of hydrogen-bond donors (Lipinski definition) is 3. The van der Waals surface area contributed by atoms with E-state index in [2.05, 4.69) is 29.2 Å². The van der Waals surface area contributed by atoms with Gasteiger partial charge in [0.2, 0.25) is 6.79 Å². The Morgan fingerprint density at radius 1 is 0.906 bits per heavy atom. The van der Waals surface area contributed by atoms with E-state index in [1.54, 1.807) is 0 Å². The van der Waals surface area contributed by atoms with E-state index in [0.29, 0.717) is 26.2 Å². The molecule has 2 aromatic rings. The zero-order valence-corrected chi connectivity index (χ0v) is 18.4. The van der Waals surface area contributed by atoms with Crippen LogP contribution >= 0.6 is 0 Å². The number of likely N-dealkylation sites (tertiary alicyclic amines) is 1. The number of aliphatic hydroxyl groups excluding tert-OH is 3. The van der Waals surface area contributed by atoms with Crippen LogP contribution in [0, 0.1) is 0 Å². The molecule has 0 saturated carbocycles. The predicted molar refractivity (Wildman–Crippen MR) is 121 cm³/mol. The summed E-state index contributed by atoms with van der Waals surface area (Å²) in [5.41, 5.74) is 3.37. The van der Waals surface area contributed by atoms with E-state index >= 15 is 0 Å². The first-order valence-corrected chi connectivity index (χ1v) is 11.4. The average molecular weight is 444 g/mol. The zero-order valence-electron chi connectivity index (χ0n) is 18.4. The number of nitrogens with zero attached hydrogens (tertiary/aromatic N) is 1. The van der Waals surface area contributed by atoms with E-state index in [9.17, 15) is 15.3 Å². The van der Waals surface area contributed by atoms with Crippen molar-refractivity contribution >= 4 is 0 Å². The average Bonchev–Trinajstić information content (AvgIpc) is 3.29. The van der Waals surface area contributed by atoms with Crippen molar-refractivity contribution in [2.45, 2.75) is 50.5 Å². The van der Waals surface area contributed by atoms with Crippen molar-refractivity contribution in [2.75, 3.05) is 33.1 Å². The van der Waals surface area contributed by atoms with Crippen molar-refractivity contribution in [1.29, 1.82) is 0 Å². The largest absolute Gasteiger partial charge is 0.454 e. The van der Waals surface area contributed by atoms with Crippen LogP contribution in [0.5, 0.6) is 11.5 Å². The number of piperidine rings is 1. The molecule has 3 N–H and O–H groups in total. The van der Waals surface area contributed by atoms with Crippen LogP contribution in [0.1, 0.15) is 31.2 Å². The Balaban J connectivity index is 1.13. The molecule has 0 bridgehead atoms. The minimum Gasteiger partial charge on any atom is -0.454 e. The summed E-state index contributed by atoms with van der Waals surface area (Å²) in [6.45, 7) is 2.82. The maximum atomic E-state index is 9.86. The van der Waals surface area contributed by atoms with Crippen LogP contribution in [0.15, 0.2) is 42.5 Å². The second-order valence-electron chi connectivity index (χ2n) is 8.58. The number of ether oxygens (including phenoxy) is 3. The van der Waals surface area contributed by atoms with Crippen LogP contribution in [0.25, 0.3) is 11.1 Å². The van der Waals surface area contributed by atoms with Crippen molar-refractivity contribution < 1.29 is 29.5 Å². The summed E-state index contributed by atoms with van der Waals surface area (Å²) in [4.78, 5) is 2.08. The highest BCUT2D eigenvalue weighted by Gasteiger charge is 2.32. The lowest BCUT2D eigenvalue weighted by Gasteiger charge is -2.39. The van der Waals surface area contributed by atoms with Gasteiger partial charge in [0.1, 0.15) is 0 Å². The number of β-amino-alcohol motifs (C(OH)–C–C–N with tert-alkyl or cyclic N) is 1. The molecule has 4 rings (SSSR count). The molecule has 2 aliphatic heterocycles. The molecule has 2 aliphatic rings. The van der Waals surface area contributed by atoms with E-state index in [4.69, 9.17) is 14.2 Å².